The Morgan fingerprint density at radius 1 is 1.00 bits per heavy atom. The Balaban J connectivity index is 1.13. The lowest BCUT2D eigenvalue weighted by atomic mass is 9.98. The fraction of sp³-hybridized carbons (Fsp3) is 0.423. The van der Waals surface area contributed by atoms with Crippen molar-refractivity contribution in [2.45, 2.75) is 37.0 Å². The van der Waals surface area contributed by atoms with E-state index in [1.165, 1.54) is 0 Å². The first-order valence-electron chi connectivity index (χ1n) is 11.9. The van der Waals surface area contributed by atoms with Crippen LogP contribution in [-0.4, -0.2) is 67.7 Å². The Morgan fingerprint density at radius 2 is 1.69 bits per heavy atom. The summed E-state index contributed by atoms with van der Waals surface area (Å²) in [6.45, 7) is 0.864. The van der Waals surface area contributed by atoms with Gasteiger partial charge in [0, 0.05) is 19.1 Å². The third kappa shape index (κ3) is 4.87. The topological polar surface area (TPSA) is 123 Å². The highest BCUT2D eigenvalue weighted by Gasteiger charge is 2.37. The van der Waals surface area contributed by atoms with Crippen molar-refractivity contribution >= 4 is 18.0 Å². The van der Waals surface area contributed by atoms with Gasteiger partial charge in [-0.25, -0.2) is 4.79 Å². The molecule has 9 heteroatoms. The van der Waals surface area contributed by atoms with Gasteiger partial charge < -0.3 is 30.0 Å². The number of carboxylic acid groups (broad SMARTS) is 1. The molecule has 3 N–H and O–H groups in total. The molecule has 2 heterocycles. The molecule has 0 radical (unpaired) electrons. The lowest BCUT2D eigenvalue weighted by Crippen LogP contribution is -2.49. The van der Waals surface area contributed by atoms with E-state index >= 15 is 0 Å². The molecule has 2 aliphatic heterocycles. The second-order valence-electron chi connectivity index (χ2n) is 9.13. The van der Waals surface area contributed by atoms with E-state index in [1.54, 1.807) is 0 Å². The zero-order valence-electron chi connectivity index (χ0n) is 19.1. The number of carbonyl (C=O) groups excluding carboxylic acids is 2. The quantitative estimate of drug-likeness (QED) is 0.556. The summed E-state index contributed by atoms with van der Waals surface area (Å²) in [5.41, 5.74) is 4.56. The Kier molecular flexibility index (Phi) is 6.70. The fourth-order valence-corrected chi connectivity index (χ4v) is 5.12. The van der Waals surface area contributed by atoms with Gasteiger partial charge in [-0.1, -0.05) is 48.5 Å². The van der Waals surface area contributed by atoms with Crippen LogP contribution in [0.15, 0.2) is 48.5 Å². The van der Waals surface area contributed by atoms with Crippen LogP contribution in [0.2, 0.25) is 0 Å². The number of nitrogens with one attached hydrogen (secondary N) is 2. The first-order chi connectivity index (χ1) is 17.0. The van der Waals surface area contributed by atoms with E-state index in [9.17, 15) is 14.4 Å². The number of benzene rings is 2. The highest BCUT2D eigenvalue weighted by atomic mass is 16.6. The monoisotopic (exact) mass is 480 g/mol. The van der Waals surface area contributed by atoms with Gasteiger partial charge in [-0.2, -0.15) is 0 Å². The molecule has 2 aromatic rings. The Morgan fingerprint density at radius 3 is 2.34 bits per heavy atom. The largest absolute Gasteiger partial charge is 0.481 e. The Hall–Kier alpha value is -3.43. The van der Waals surface area contributed by atoms with Crippen LogP contribution in [0.4, 0.5) is 4.79 Å². The Bertz CT molecular complexity index is 1070. The summed E-state index contributed by atoms with van der Waals surface area (Å²) < 4.78 is 16.6. The number of hydrogen-bond donors (Lipinski definition) is 3. The number of aliphatic carboxylic acids is 1. The van der Waals surface area contributed by atoms with Crippen LogP contribution < -0.4 is 10.6 Å². The van der Waals surface area contributed by atoms with Crippen LogP contribution >= 0.6 is 0 Å². The van der Waals surface area contributed by atoms with E-state index < -0.39 is 30.1 Å². The summed E-state index contributed by atoms with van der Waals surface area (Å²) in [5, 5.41) is 14.6. The smallest absolute Gasteiger partial charge is 0.407 e. The number of hydrogen-bond acceptors (Lipinski definition) is 6. The lowest BCUT2D eigenvalue weighted by Gasteiger charge is -2.21. The zero-order valence-corrected chi connectivity index (χ0v) is 19.1. The third-order valence-electron chi connectivity index (χ3n) is 6.93. The van der Waals surface area contributed by atoms with Crippen molar-refractivity contribution in [1.29, 1.82) is 0 Å². The molecule has 2 aromatic carbocycles. The van der Waals surface area contributed by atoms with Crippen LogP contribution in [-0.2, 0) is 23.8 Å². The van der Waals surface area contributed by atoms with Gasteiger partial charge in [0.05, 0.1) is 24.7 Å². The molecule has 5 rings (SSSR count). The molecule has 1 aliphatic carbocycles. The molecular formula is C26H28N2O7. The van der Waals surface area contributed by atoms with Gasteiger partial charge in [-0.3, -0.25) is 9.59 Å². The van der Waals surface area contributed by atoms with E-state index in [0.717, 1.165) is 22.3 Å². The molecule has 35 heavy (non-hydrogen) atoms. The lowest BCUT2D eigenvalue weighted by molar-refractivity contribution is -0.141. The molecule has 3 aliphatic rings. The summed E-state index contributed by atoms with van der Waals surface area (Å²) in [7, 11) is 0. The van der Waals surface area contributed by atoms with E-state index in [0.29, 0.717) is 19.4 Å². The SMILES string of the molecule is O=C(N[C@@H]1CCO[C@@H]1C(=O)NC[C@@H]1C[C@H](C(=O)O)CO1)OCC1c2ccccc2-c2ccccc21. The van der Waals surface area contributed by atoms with Gasteiger partial charge >= 0.3 is 12.1 Å². The summed E-state index contributed by atoms with van der Waals surface area (Å²) in [6.07, 6.45) is -0.947. The number of fused-ring (bicyclic) bond motifs is 3. The molecule has 2 saturated heterocycles. The second kappa shape index (κ2) is 10.1. The molecule has 0 bridgehead atoms. The first kappa shape index (κ1) is 23.3. The van der Waals surface area contributed by atoms with Crippen molar-refractivity contribution in [2.24, 2.45) is 5.92 Å². The fourth-order valence-electron chi connectivity index (χ4n) is 5.12. The van der Waals surface area contributed by atoms with Crippen molar-refractivity contribution in [3.63, 3.8) is 0 Å². The predicted molar refractivity (Wildman–Crippen MR) is 125 cm³/mol. The third-order valence-corrected chi connectivity index (χ3v) is 6.93. The predicted octanol–water partition coefficient (Wildman–Crippen LogP) is 2.29. The van der Waals surface area contributed by atoms with E-state index in [4.69, 9.17) is 19.3 Å². The number of alkyl carbamates (subject to hydrolysis) is 1. The van der Waals surface area contributed by atoms with E-state index in [2.05, 4.69) is 34.9 Å². The number of carbonyl (C=O) groups is 3. The molecule has 2 amide bonds. The number of carboxylic acids is 1. The molecule has 184 valence electrons. The molecule has 0 aromatic heterocycles. The van der Waals surface area contributed by atoms with Crippen LogP contribution in [0, 0.1) is 5.92 Å². The summed E-state index contributed by atoms with van der Waals surface area (Å²) in [6, 6.07) is 15.7. The highest BCUT2D eigenvalue weighted by Crippen LogP contribution is 2.44. The van der Waals surface area contributed by atoms with Crippen LogP contribution in [0.5, 0.6) is 0 Å². The van der Waals surface area contributed by atoms with Crippen molar-refractivity contribution in [3.8, 4) is 11.1 Å². The minimum Gasteiger partial charge on any atom is -0.481 e. The molecule has 0 spiro atoms. The van der Waals surface area contributed by atoms with Crippen LogP contribution in [0.1, 0.15) is 29.9 Å². The van der Waals surface area contributed by atoms with Gasteiger partial charge in [-0.15, -0.1) is 0 Å². The molecule has 0 unspecified atom stereocenters. The zero-order chi connectivity index (χ0) is 24.4. The van der Waals surface area contributed by atoms with Gasteiger partial charge in [-0.05, 0) is 35.1 Å². The molecule has 9 nitrogen and oxygen atoms in total. The van der Waals surface area contributed by atoms with Gasteiger partial charge in [0.2, 0.25) is 0 Å². The summed E-state index contributed by atoms with van der Waals surface area (Å²) in [4.78, 5) is 36.3. The van der Waals surface area contributed by atoms with Crippen LogP contribution in [0.25, 0.3) is 11.1 Å². The van der Waals surface area contributed by atoms with E-state index in [-0.39, 0.29) is 37.7 Å². The molecule has 2 fully saturated rings. The highest BCUT2D eigenvalue weighted by molar-refractivity contribution is 5.83. The molecule has 4 atom stereocenters. The average molecular weight is 481 g/mol. The number of amides is 2. The number of rotatable bonds is 7. The summed E-state index contributed by atoms with van der Waals surface area (Å²) >= 11 is 0. The standard InChI is InChI=1S/C26H28N2O7/c29-24(27-12-16-11-15(13-34-16)25(30)31)23-22(9-10-33-23)28-26(32)35-14-21-19-7-3-1-5-17(19)18-6-2-4-8-20(18)21/h1-8,15-16,21-23H,9-14H2,(H,27,29)(H,28,32)(H,30,31)/t15-,16-,22+,23-/m0/s1. The minimum absolute atomic E-state index is 0.0480. The summed E-state index contributed by atoms with van der Waals surface area (Å²) in [5.74, 6) is -1.87. The average Bonchev–Trinajstić information content (AvgIpc) is 3.59. The second-order valence-corrected chi connectivity index (χ2v) is 9.13. The first-order valence-corrected chi connectivity index (χ1v) is 11.9. The Labute approximate surface area is 202 Å². The maximum Gasteiger partial charge on any atom is 0.407 e. The molecule has 0 saturated carbocycles. The number of ether oxygens (including phenoxy) is 3. The van der Waals surface area contributed by atoms with Gasteiger partial charge in [0.1, 0.15) is 6.61 Å². The maximum absolute atomic E-state index is 12.7. The van der Waals surface area contributed by atoms with Crippen molar-refractivity contribution in [2.75, 3.05) is 26.4 Å². The normalized spacial score (nSPS) is 25.0. The minimum atomic E-state index is -0.898. The molecular weight excluding hydrogens is 452 g/mol. The van der Waals surface area contributed by atoms with Gasteiger partial charge in [0.15, 0.2) is 6.10 Å². The van der Waals surface area contributed by atoms with E-state index in [1.807, 2.05) is 24.3 Å². The maximum atomic E-state index is 12.7. The van der Waals surface area contributed by atoms with Gasteiger partial charge in [0.25, 0.3) is 5.91 Å². The van der Waals surface area contributed by atoms with Crippen molar-refractivity contribution in [3.05, 3.63) is 59.7 Å². The van der Waals surface area contributed by atoms with Crippen molar-refractivity contribution in [1.82, 2.24) is 10.6 Å². The van der Waals surface area contributed by atoms with Crippen LogP contribution in [0.3, 0.4) is 0 Å². The van der Waals surface area contributed by atoms with Crippen molar-refractivity contribution < 1.29 is 33.7 Å².